The first-order valence-electron chi connectivity index (χ1n) is 8.44. The molecule has 1 aromatic rings. The molecule has 2 aliphatic carbocycles. The largest absolute Gasteiger partial charge is 0.348 e. The highest BCUT2D eigenvalue weighted by Gasteiger charge is 2.35. The number of nitrogens with one attached hydrogen (secondary N) is 1. The number of fused-ring (bicyclic) bond motifs is 1. The smallest absolute Gasteiger partial charge is 0.185 e. The van der Waals surface area contributed by atoms with Crippen LogP contribution in [0.2, 0.25) is 0 Å². The van der Waals surface area contributed by atoms with E-state index < -0.39 is 0 Å². The molecule has 0 aromatic carbocycles. The minimum absolute atomic E-state index is 0.359. The molecular formula is C17H29N3S. The van der Waals surface area contributed by atoms with Crippen molar-refractivity contribution < 1.29 is 0 Å². The van der Waals surface area contributed by atoms with Crippen molar-refractivity contribution in [2.75, 3.05) is 25.0 Å². The molecule has 1 aromatic heterocycles. The van der Waals surface area contributed by atoms with E-state index in [1.807, 2.05) is 11.3 Å². The number of rotatable bonds is 6. The zero-order valence-corrected chi connectivity index (χ0v) is 14.7. The molecule has 1 fully saturated rings. The van der Waals surface area contributed by atoms with Crippen LogP contribution in [0.4, 0.5) is 5.13 Å². The zero-order valence-electron chi connectivity index (χ0n) is 13.9. The predicted molar refractivity (Wildman–Crippen MR) is 91.2 cm³/mol. The number of hydrogen-bond acceptors (Lipinski definition) is 4. The first kappa shape index (κ1) is 15.3. The van der Waals surface area contributed by atoms with Crippen LogP contribution in [0.15, 0.2) is 0 Å². The summed E-state index contributed by atoms with van der Waals surface area (Å²) in [6.07, 6.45) is 6.38. The van der Waals surface area contributed by atoms with Crippen molar-refractivity contribution in [3.63, 3.8) is 0 Å². The normalized spacial score (nSPS) is 23.9. The number of nitrogens with zero attached hydrogens (tertiary/aromatic N) is 2. The van der Waals surface area contributed by atoms with Gasteiger partial charge >= 0.3 is 0 Å². The van der Waals surface area contributed by atoms with Crippen molar-refractivity contribution in [2.24, 2.45) is 11.3 Å². The Hall–Kier alpha value is -0.610. The van der Waals surface area contributed by atoms with Crippen LogP contribution in [0.3, 0.4) is 0 Å². The summed E-state index contributed by atoms with van der Waals surface area (Å²) in [5.41, 5.74) is 1.71. The third-order valence-electron chi connectivity index (χ3n) is 4.72. The lowest BCUT2D eigenvalue weighted by Crippen LogP contribution is -2.30. The maximum Gasteiger partial charge on any atom is 0.185 e. The van der Waals surface area contributed by atoms with Gasteiger partial charge in [0.25, 0.3) is 0 Å². The molecule has 1 unspecified atom stereocenters. The highest BCUT2D eigenvalue weighted by molar-refractivity contribution is 7.15. The Labute approximate surface area is 133 Å². The van der Waals surface area contributed by atoms with Crippen molar-refractivity contribution in [3.05, 3.63) is 10.6 Å². The monoisotopic (exact) mass is 307 g/mol. The maximum absolute atomic E-state index is 5.05. The molecule has 4 heteroatoms. The van der Waals surface area contributed by atoms with Crippen molar-refractivity contribution in [1.29, 1.82) is 0 Å². The van der Waals surface area contributed by atoms with Crippen LogP contribution in [0.1, 0.15) is 63.1 Å². The van der Waals surface area contributed by atoms with Crippen LogP contribution in [-0.2, 0) is 6.42 Å². The molecule has 3 nitrogen and oxygen atoms in total. The van der Waals surface area contributed by atoms with Gasteiger partial charge in [-0.2, -0.15) is 0 Å². The number of thiazole rings is 1. The fourth-order valence-electron chi connectivity index (χ4n) is 3.44. The van der Waals surface area contributed by atoms with Gasteiger partial charge < -0.3 is 10.2 Å². The average molecular weight is 308 g/mol. The molecule has 0 saturated heterocycles. The minimum atomic E-state index is 0.359. The molecule has 1 saturated carbocycles. The predicted octanol–water partition coefficient (Wildman–Crippen LogP) is 4.00. The van der Waals surface area contributed by atoms with Gasteiger partial charge in [-0.3, -0.25) is 0 Å². The van der Waals surface area contributed by atoms with E-state index in [-0.39, 0.29) is 0 Å². The molecular weight excluding hydrogens is 278 g/mol. The number of hydrogen-bond donors (Lipinski definition) is 1. The van der Waals surface area contributed by atoms with Crippen LogP contribution in [0.5, 0.6) is 0 Å². The Bertz CT molecular complexity index is 490. The molecule has 3 rings (SSSR count). The summed E-state index contributed by atoms with van der Waals surface area (Å²) in [5, 5.41) is 4.78. The lowest BCUT2D eigenvalue weighted by atomic mass is 9.76. The summed E-state index contributed by atoms with van der Waals surface area (Å²) < 4.78 is 0. The van der Waals surface area contributed by atoms with E-state index in [1.165, 1.54) is 47.9 Å². The highest BCUT2D eigenvalue weighted by Crippen LogP contribution is 2.45. The van der Waals surface area contributed by atoms with Gasteiger partial charge in [0.1, 0.15) is 0 Å². The van der Waals surface area contributed by atoms with E-state index in [4.69, 9.17) is 4.98 Å². The van der Waals surface area contributed by atoms with Crippen LogP contribution in [-0.4, -0.2) is 25.1 Å². The molecule has 0 bridgehead atoms. The lowest BCUT2D eigenvalue weighted by Gasteiger charge is -2.34. The first-order valence-corrected chi connectivity index (χ1v) is 9.26. The van der Waals surface area contributed by atoms with E-state index in [9.17, 15) is 0 Å². The van der Waals surface area contributed by atoms with E-state index >= 15 is 0 Å². The second-order valence-corrected chi connectivity index (χ2v) is 8.59. The summed E-state index contributed by atoms with van der Waals surface area (Å²) >= 11 is 1.94. The summed E-state index contributed by atoms with van der Waals surface area (Å²) in [6, 6.07) is 0.486. The third-order valence-corrected chi connectivity index (χ3v) is 6.00. The number of anilines is 1. The molecule has 0 amide bonds. The van der Waals surface area contributed by atoms with Crippen LogP contribution in [0.25, 0.3) is 0 Å². The second-order valence-electron chi connectivity index (χ2n) is 7.58. The van der Waals surface area contributed by atoms with Crippen LogP contribution in [0, 0.1) is 11.3 Å². The van der Waals surface area contributed by atoms with Gasteiger partial charge in [0.2, 0.25) is 0 Å². The third kappa shape index (κ3) is 3.42. The molecule has 1 N–H and O–H groups in total. The fraction of sp³-hybridized carbons (Fsp3) is 0.824. The van der Waals surface area contributed by atoms with Crippen molar-refractivity contribution >= 4 is 16.5 Å². The standard InChI is InChI=1S/C17H29N3S/c1-5-8-20(11-12-6-7-12)16-19-14-10-17(2,3)9-13(18-4)15(14)21-16/h12-13,18H,5-11H2,1-4H3. The van der Waals surface area contributed by atoms with Gasteiger partial charge in [-0.05, 0) is 50.5 Å². The Morgan fingerprint density at radius 3 is 2.76 bits per heavy atom. The van der Waals surface area contributed by atoms with E-state index in [0.29, 0.717) is 11.5 Å². The molecule has 21 heavy (non-hydrogen) atoms. The topological polar surface area (TPSA) is 28.2 Å². The van der Waals surface area contributed by atoms with Gasteiger partial charge in [-0.1, -0.05) is 32.1 Å². The van der Waals surface area contributed by atoms with Crippen LogP contribution >= 0.6 is 11.3 Å². The Balaban J connectivity index is 1.85. The zero-order chi connectivity index (χ0) is 15.0. The van der Waals surface area contributed by atoms with Gasteiger partial charge in [-0.25, -0.2) is 4.98 Å². The maximum atomic E-state index is 5.05. The van der Waals surface area contributed by atoms with Gasteiger partial charge in [0.05, 0.1) is 5.69 Å². The molecule has 2 aliphatic rings. The SMILES string of the molecule is CCCN(CC1CC1)c1nc2c(s1)C(NC)CC(C)(C)C2. The van der Waals surface area contributed by atoms with Crippen molar-refractivity contribution in [2.45, 2.75) is 58.9 Å². The Morgan fingerprint density at radius 2 is 2.14 bits per heavy atom. The fourth-order valence-corrected chi connectivity index (χ4v) is 4.66. The highest BCUT2D eigenvalue weighted by atomic mass is 32.1. The van der Waals surface area contributed by atoms with Crippen molar-refractivity contribution in [1.82, 2.24) is 10.3 Å². The lowest BCUT2D eigenvalue weighted by molar-refractivity contribution is 0.265. The molecule has 0 radical (unpaired) electrons. The van der Waals surface area contributed by atoms with Crippen LogP contribution < -0.4 is 10.2 Å². The van der Waals surface area contributed by atoms with Gasteiger partial charge in [-0.15, -0.1) is 0 Å². The summed E-state index contributed by atoms with van der Waals surface area (Å²) in [4.78, 5) is 9.08. The Kier molecular flexibility index (Phi) is 4.28. The average Bonchev–Trinajstić information content (AvgIpc) is 3.14. The summed E-state index contributed by atoms with van der Waals surface area (Å²) in [5.74, 6) is 0.925. The minimum Gasteiger partial charge on any atom is -0.348 e. The molecule has 1 heterocycles. The summed E-state index contributed by atoms with van der Waals surface area (Å²) in [7, 11) is 2.09. The quantitative estimate of drug-likeness (QED) is 0.861. The second kappa shape index (κ2) is 5.88. The van der Waals surface area contributed by atoms with Gasteiger partial charge in [0, 0.05) is 24.0 Å². The van der Waals surface area contributed by atoms with Gasteiger partial charge in [0.15, 0.2) is 5.13 Å². The van der Waals surface area contributed by atoms with E-state index in [0.717, 1.165) is 18.9 Å². The number of aromatic nitrogens is 1. The first-order chi connectivity index (χ1) is 10.0. The molecule has 118 valence electrons. The van der Waals surface area contributed by atoms with E-state index in [1.54, 1.807) is 0 Å². The molecule has 1 atom stereocenters. The van der Waals surface area contributed by atoms with Crippen molar-refractivity contribution in [3.8, 4) is 0 Å². The summed E-state index contributed by atoms with van der Waals surface area (Å²) in [6.45, 7) is 9.37. The molecule has 0 aliphatic heterocycles. The molecule has 0 spiro atoms. The van der Waals surface area contributed by atoms with E-state index in [2.05, 4.69) is 38.0 Å². The Morgan fingerprint density at radius 1 is 1.38 bits per heavy atom.